The second-order valence-electron chi connectivity index (χ2n) is 5.26. The van der Waals surface area contributed by atoms with Crippen molar-refractivity contribution in [3.8, 4) is 17.2 Å². The first-order valence-electron chi connectivity index (χ1n) is 7.29. The molecule has 2 heterocycles. The van der Waals surface area contributed by atoms with Crippen LogP contribution in [0.5, 0.6) is 17.2 Å². The van der Waals surface area contributed by atoms with Crippen molar-refractivity contribution >= 4 is 29.0 Å². The molecule has 122 valence electrons. The molecule has 23 heavy (non-hydrogen) atoms. The van der Waals surface area contributed by atoms with E-state index in [2.05, 4.69) is 0 Å². The number of nitrogens with zero attached hydrogens (tertiary/aromatic N) is 1. The molecule has 0 aromatic heterocycles. The van der Waals surface area contributed by atoms with Gasteiger partial charge >= 0.3 is 0 Å². The zero-order valence-corrected chi connectivity index (χ0v) is 13.9. The Morgan fingerprint density at radius 3 is 2.70 bits per heavy atom. The number of fused-ring (bicyclic) bond motifs is 1. The van der Waals surface area contributed by atoms with Crippen LogP contribution in [0.15, 0.2) is 17.0 Å². The summed E-state index contributed by atoms with van der Waals surface area (Å²) in [5.74, 6) is 1.49. The fourth-order valence-corrected chi connectivity index (χ4v) is 3.33. The van der Waals surface area contributed by atoms with Crippen LogP contribution in [0.2, 0.25) is 0 Å². The molecule has 7 heteroatoms. The van der Waals surface area contributed by atoms with Crippen LogP contribution >= 0.6 is 11.8 Å². The van der Waals surface area contributed by atoms with Crippen LogP contribution in [-0.4, -0.2) is 36.0 Å². The van der Waals surface area contributed by atoms with Crippen LogP contribution in [0, 0.1) is 0 Å². The van der Waals surface area contributed by atoms with Gasteiger partial charge in [-0.2, -0.15) is 0 Å². The van der Waals surface area contributed by atoms with Crippen molar-refractivity contribution in [2.24, 2.45) is 0 Å². The largest absolute Gasteiger partial charge is 0.496 e. The molecule has 3 rings (SSSR count). The van der Waals surface area contributed by atoms with Crippen LogP contribution in [-0.2, 0) is 4.79 Å². The van der Waals surface area contributed by atoms with E-state index in [9.17, 15) is 9.59 Å². The second-order valence-corrected chi connectivity index (χ2v) is 6.25. The molecule has 0 unspecified atom stereocenters. The molecule has 0 N–H and O–H groups in total. The fourth-order valence-electron chi connectivity index (χ4n) is 2.41. The number of methoxy groups -OCH3 is 1. The Bertz CT molecular complexity index is 700. The molecule has 0 saturated carbocycles. The van der Waals surface area contributed by atoms with Gasteiger partial charge in [0.1, 0.15) is 5.75 Å². The summed E-state index contributed by atoms with van der Waals surface area (Å²) < 4.78 is 16.0. The highest BCUT2D eigenvalue weighted by Crippen LogP contribution is 2.41. The third-order valence-electron chi connectivity index (χ3n) is 3.87. The van der Waals surface area contributed by atoms with E-state index >= 15 is 0 Å². The van der Waals surface area contributed by atoms with Crippen LogP contribution < -0.4 is 14.2 Å². The maximum absolute atomic E-state index is 12.5. The van der Waals surface area contributed by atoms with Gasteiger partial charge in [0.25, 0.3) is 11.1 Å². The number of benzene rings is 1. The number of hydrogen-bond acceptors (Lipinski definition) is 6. The van der Waals surface area contributed by atoms with Gasteiger partial charge in [0, 0.05) is 17.7 Å². The molecular weight excluding hydrogens is 318 g/mol. The first kappa shape index (κ1) is 15.7. The quantitative estimate of drug-likeness (QED) is 0.787. The standard InChI is InChI=1S/C16H17NO5S/c1-4-9(2)17-15(18)14(23-16(17)19)6-10-5-12-13(22-8-21-12)7-11(10)20-3/h5-7,9H,4,8H2,1-3H3/b14-6+/t9-/m1/s1. The van der Waals surface area contributed by atoms with Crippen LogP contribution in [0.25, 0.3) is 6.08 Å². The third kappa shape index (κ3) is 2.76. The van der Waals surface area contributed by atoms with E-state index in [4.69, 9.17) is 14.2 Å². The van der Waals surface area contributed by atoms with Gasteiger partial charge in [0.2, 0.25) is 6.79 Å². The van der Waals surface area contributed by atoms with Crippen molar-refractivity contribution in [1.82, 2.24) is 4.90 Å². The lowest BCUT2D eigenvalue weighted by Crippen LogP contribution is -2.36. The monoisotopic (exact) mass is 335 g/mol. The van der Waals surface area contributed by atoms with Crippen molar-refractivity contribution in [2.75, 3.05) is 13.9 Å². The Hall–Kier alpha value is -2.15. The molecular formula is C16H17NO5S. The van der Waals surface area contributed by atoms with Gasteiger partial charge in [-0.05, 0) is 37.2 Å². The fraction of sp³-hybridized carbons (Fsp3) is 0.375. The summed E-state index contributed by atoms with van der Waals surface area (Å²) in [5, 5.41) is -0.240. The first-order valence-corrected chi connectivity index (χ1v) is 8.11. The molecule has 2 amide bonds. The number of imide groups is 1. The smallest absolute Gasteiger partial charge is 0.293 e. The Morgan fingerprint density at radius 2 is 2.04 bits per heavy atom. The molecule has 0 spiro atoms. The van der Waals surface area contributed by atoms with Crippen LogP contribution in [0.1, 0.15) is 25.8 Å². The Balaban J connectivity index is 1.96. The van der Waals surface area contributed by atoms with Gasteiger partial charge in [-0.3, -0.25) is 14.5 Å². The van der Waals surface area contributed by atoms with Crippen molar-refractivity contribution in [3.05, 3.63) is 22.6 Å². The highest BCUT2D eigenvalue weighted by Gasteiger charge is 2.37. The Labute approximate surface area is 138 Å². The number of rotatable bonds is 4. The van der Waals surface area contributed by atoms with Gasteiger partial charge < -0.3 is 14.2 Å². The number of amides is 2. The van der Waals surface area contributed by atoms with E-state index in [-0.39, 0.29) is 24.0 Å². The second kappa shape index (κ2) is 6.16. The minimum atomic E-state index is -0.269. The van der Waals surface area contributed by atoms with Gasteiger partial charge in [0.15, 0.2) is 11.5 Å². The zero-order chi connectivity index (χ0) is 16.6. The van der Waals surface area contributed by atoms with Gasteiger partial charge in [-0.15, -0.1) is 0 Å². The summed E-state index contributed by atoms with van der Waals surface area (Å²) in [7, 11) is 1.54. The van der Waals surface area contributed by atoms with Crippen LogP contribution in [0.4, 0.5) is 4.79 Å². The minimum absolute atomic E-state index is 0.118. The van der Waals surface area contributed by atoms with Crippen molar-refractivity contribution in [2.45, 2.75) is 26.3 Å². The normalized spacial score (nSPS) is 19.6. The van der Waals surface area contributed by atoms with Crippen molar-refractivity contribution < 1.29 is 23.8 Å². The molecule has 0 bridgehead atoms. The summed E-state index contributed by atoms with van der Waals surface area (Å²) >= 11 is 0.944. The summed E-state index contributed by atoms with van der Waals surface area (Å²) in [6.07, 6.45) is 2.38. The van der Waals surface area contributed by atoms with Crippen molar-refractivity contribution in [3.63, 3.8) is 0 Å². The number of carbonyl (C=O) groups is 2. The van der Waals surface area contributed by atoms with Crippen molar-refractivity contribution in [1.29, 1.82) is 0 Å². The summed E-state index contributed by atoms with van der Waals surface area (Å²) in [5.41, 5.74) is 0.673. The van der Waals surface area contributed by atoms with E-state index in [1.165, 1.54) is 4.90 Å². The van der Waals surface area contributed by atoms with E-state index in [1.54, 1.807) is 25.3 Å². The maximum Gasteiger partial charge on any atom is 0.293 e. The lowest BCUT2D eigenvalue weighted by molar-refractivity contribution is -0.124. The minimum Gasteiger partial charge on any atom is -0.496 e. The molecule has 1 aromatic rings. The molecule has 1 fully saturated rings. The SMILES string of the molecule is CC[C@@H](C)N1C(=O)S/C(=C/c2cc3c(cc2OC)OCO3)C1=O. The highest BCUT2D eigenvalue weighted by molar-refractivity contribution is 8.18. The summed E-state index contributed by atoms with van der Waals surface area (Å²) in [6, 6.07) is 3.35. The average Bonchev–Trinajstić information content (AvgIpc) is 3.10. The molecule has 1 atom stereocenters. The topological polar surface area (TPSA) is 65.1 Å². The molecule has 6 nitrogen and oxygen atoms in total. The highest BCUT2D eigenvalue weighted by atomic mass is 32.2. The van der Waals surface area contributed by atoms with E-state index in [0.29, 0.717) is 27.7 Å². The number of thioether (sulfide) groups is 1. The Kier molecular flexibility index (Phi) is 4.21. The molecule has 2 aliphatic heterocycles. The van der Waals surface area contributed by atoms with Gasteiger partial charge in [0.05, 0.1) is 12.0 Å². The molecule has 0 aliphatic carbocycles. The van der Waals surface area contributed by atoms with Crippen LogP contribution in [0.3, 0.4) is 0 Å². The molecule has 1 saturated heterocycles. The molecule has 0 radical (unpaired) electrons. The predicted molar refractivity (Wildman–Crippen MR) is 86.7 cm³/mol. The number of hydrogen-bond donors (Lipinski definition) is 0. The lowest BCUT2D eigenvalue weighted by Gasteiger charge is -2.19. The number of ether oxygens (including phenoxy) is 3. The third-order valence-corrected chi connectivity index (χ3v) is 4.75. The first-order chi connectivity index (χ1) is 11.0. The van der Waals surface area contributed by atoms with Gasteiger partial charge in [-0.1, -0.05) is 6.92 Å². The lowest BCUT2D eigenvalue weighted by atomic mass is 10.1. The molecule has 1 aromatic carbocycles. The van der Waals surface area contributed by atoms with E-state index in [1.807, 2.05) is 13.8 Å². The zero-order valence-electron chi connectivity index (χ0n) is 13.1. The summed E-state index contributed by atoms with van der Waals surface area (Å²) in [6.45, 7) is 3.96. The van der Waals surface area contributed by atoms with Gasteiger partial charge in [-0.25, -0.2) is 0 Å². The average molecular weight is 335 g/mol. The number of carbonyl (C=O) groups excluding carboxylic acids is 2. The van der Waals surface area contributed by atoms with E-state index < -0.39 is 0 Å². The van der Waals surface area contributed by atoms with E-state index in [0.717, 1.165) is 18.2 Å². The Morgan fingerprint density at radius 1 is 1.35 bits per heavy atom. The maximum atomic E-state index is 12.5. The predicted octanol–water partition coefficient (Wildman–Crippen LogP) is 3.26. The molecule has 2 aliphatic rings. The summed E-state index contributed by atoms with van der Waals surface area (Å²) in [4.78, 5) is 26.2.